The molecule has 2 atom stereocenters. The number of aromatic nitrogens is 4. The Balaban J connectivity index is 1.20. The highest BCUT2D eigenvalue weighted by Gasteiger charge is 2.44. The molecule has 3 aliphatic heterocycles. The standard InChI is InChI=1S/C29H30IN9O2/c1-35(2)28(40)18-38(30)24-9-25(29-21(10-31)13-34-39(29)17-24)20-5-6-26(32-12-20)36-15-22-8-23(16-36)37(22)14-19-4-7-27(41-3)33-11-19/h4-7,9,11-13,17,22-23H,8,14-16,18H2,1-3H3. The zero-order chi connectivity index (χ0) is 28.7. The van der Waals surface area contributed by atoms with Crippen LogP contribution in [-0.4, -0.2) is 88.2 Å². The quantitative estimate of drug-likeness (QED) is 0.207. The molecule has 0 radical (unpaired) electrons. The SMILES string of the molecule is COc1ccc(CN2C3CC2CN(c2ccc(-c4cc(N(I)CC(=O)N(C)C)cn5ncc(C#N)c45)cn2)C3)cn1. The minimum absolute atomic E-state index is 0.0101. The summed E-state index contributed by atoms with van der Waals surface area (Å²) in [5.74, 6) is 1.57. The number of piperazine rings is 1. The number of carbonyl (C=O) groups is 1. The molecule has 0 aliphatic carbocycles. The van der Waals surface area contributed by atoms with Gasteiger partial charge in [-0.25, -0.2) is 14.5 Å². The number of hydrogen-bond acceptors (Lipinski definition) is 9. The van der Waals surface area contributed by atoms with E-state index in [1.807, 2.05) is 33.8 Å². The molecule has 2 unspecified atom stereocenters. The molecule has 1 amide bonds. The third-order valence-corrected chi connectivity index (χ3v) is 8.77. The van der Waals surface area contributed by atoms with Crippen LogP contribution in [-0.2, 0) is 11.3 Å². The summed E-state index contributed by atoms with van der Waals surface area (Å²) in [6.07, 6.45) is 8.37. The van der Waals surface area contributed by atoms with Crippen LogP contribution in [0.3, 0.4) is 0 Å². The number of nitriles is 1. The predicted molar refractivity (Wildman–Crippen MR) is 164 cm³/mol. The summed E-state index contributed by atoms with van der Waals surface area (Å²) >= 11 is 2.14. The van der Waals surface area contributed by atoms with Crippen molar-refractivity contribution < 1.29 is 9.53 Å². The van der Waals surface area contributed by atoms with Gasteiger partial charge in [0.25, 0.3) is 0 Å². The fourth-order valence-electron chi connectivity index (χ4n) is 5.59. The number of fused-ring (bicyclic) bond motifs is 3. The summed E-state index contributed by atoms with van der Waals surface area (Å²) in [4.78, 5) is 28.0. The third-order valence-electron chi connectivity index (χ3n) is 7.87. The van der Waals surface area contributed by atoms with Crippen molar-refractivity contribution >= 4 is 45.8 Å². The Labute approximate surface area is 252 Å². The van der Waals surface area contributed by atoms with Crippen LogP contribution in [0.2, 0.25) is 0 Å². The number of rotatable bonds is 8. The van der Waals surface area contributed by atoms with E-state index in [4.69, 9.17) is 9.72 Å². The number of halogens is 1. The first-order chi connectivity index (χ1) is 19.8. The van der Waals surface area contributed by atoms with Gasteiger partial charge in [0.1, 0.15) is 18.4 Å². The molecule has 11 nitrogen and oxygen atoms in total. The summed E-state index contributed by atoms with van der Waals surface area (Å²) < 4.78 is 8.74. The lowest BCUT2D eigenvalue weighted by molar-refractivity contribution is -0.126. The zero-order valence-corrected chi connectivity index (χ0v) is 25.3. The maximum atomic E-state index is 12.3. The van der Waals surface area contributed by atoms with Crippen LogP contribution < -0.4 is 12.8 Å². The molecule has 0 saturated carbocycles. The van der Waals surface area contributed by atoms with Crippen molar-refractivity contribution in [1.82, 2.24) is 29.4 Å². The number of anilines is 2. The highest BCUT2D eigenvalue weighted by molar-refractivity contribution is 14.1. The Kier molecular flexibility index (Phi) is 7.39. The number of hydrogen-bond donors (Lipinski definition) is 0. The molecule has 3 saturated heterocycles. The number of methoxy groups -OCH3 is 1. The molecular formula is C29H30IN9O2. The van der Waals surface area contributed by atoms with Gasteiger partial charge in [-0.2, -0.15) is 10.4 Å². The van der Waals surface area contributed by atoms with Crippen LogP contribution in [0.5, 0.6) is 5.88 Å². The summed E-state index contributed by atoms with van der Waals surface area (Å²) in [5, 5.41) is 14.1. The highest BCUT2D eigenvalue weighted by Crippen LogP contribution is 2.37. The smallest absolute Gasteiger partial charge is 0.242 e. The highest BCUT2D eigenvalue weighted by atomic mass is 127. The van der Waals surface area contributed by atoms with Gasteiger partial charge in [-0.05, 0) is 30.2 Å². The monoisotopic (exact) mass is 663 g/mol. The van der Waals surface area contributed by atoms with Crippen molar-refractivity contribution in [2.75, 3.05) is 48.9 Å². The number of piperidine rings is 1. The largest absolute Gasteiger partial charge is 0.481 e. The van der Waals surface area contributed by atoms with Gasteiger partial charge in [0.05, 0.1) is 59.1 Å². The van der Waals surface area contributed by atoms with Crippen molar-refractivity contribution in [2.24, 2.45) is 0 Å². The van der Waals surface area contributed by atoms with E-state index in [1.54, 1.807) is 36.8 Å². The maximum Gasteiger partial charge on any atom is 0.242 e. The van der Waals surface area contributed by atoms with Crippen molar-refractivity contribution in [3.8, 4) is 23.1 Å². The number of amides is 1. The number of pyridine rings is 3. The van der Waals surface area contributed by atoms with Crippen molar-refractivity contribution in [3.63, 3.8) is 0 Å². The average molecular weight is 664 g/mol. The van der Waals surface area contributed by atoms with Crippen LogP contribution in [0.4, 0.5) is 11.5 Å². The lowest BCUT2D eigenvalue weighted by Gasteiger charge is -2.56. The zero-order valence-electron chi connectivity index (χ0n) is 23.1. The third kappa shape index (κ3) is 5.27. The van der Waals surface area contributed by atoms with Crippen LogP contribution in [0, 0.1) is 11.3 Å². The Morgan fingerprint density at radius 1 is 1.15 bits per heavy atom. The van der Waals surface area contributed by atoms with Crippen LogP contribution in [0.15, 0.2) is 55.1 Å². The van der Waals surface area contributed by atoms with Crippen LogP contribution in [0.1, 0.15) is 17.5 Å². The first kappa shape index (κ1) is 27.2. The molecular weight excluding hydrogens is 633 g/mol. The summed E-state index contributed by atoms with van der Waals surface area (Å²) in [5.41, 5.74) is 4.94. The fraction of sp³-hybridized carbons (Fsp3) is 0.345. The van der Waals surface area contributed by atoms with Crippen LogP contribution >= 0.6 is 22.9 Å². The van der Waals surface area contributed by atoms with E-state index >= 15 is 0 Å². The molecule has 0 N–H and O–H groups in total. The van der Waals surface area contributed by atoms with Gasteiger partial charge in [-0.15, -0.1) is 0 Å². The number of ether oxygens (including phenoxy) is 1. The van der Waals surface area contributed by atoms with E-state index in [2.05, 4.69) is 67.0 Å². The molecule has 3 aliphatic rings. The van der Waals surface area contributed by atoms with E-state index < -0.39 is 0 Å². The molecule has 3 fully saturated rings. The van der Waals surface area contributed by atoms with Crippen LogP contribution in [0.25, 0.3) is 16.6 Å². The van der Waals surface area contributed by atoms with Crippen molar-refractivity contribution in [1.29, 1.82) is 5.26 Å². The fourth-order valence-corrected chi connectivity index (χ4v) is 6.15. The lowest BCUT2D eigenvalue weighted by Crippen LogP contribution is -2.68. The van der Waals surface area contributed by atoms with E-state index in [0.717, 1.165) is 47.8 Å². The first-order valence-corrected chi connectivity index (χ1v) is 14.3. The lowest BCUT2D eigenvalue weighted by atomic mass is 9.87. The minimum Gasteiger partial charge on any atom is -0.481 e. The molecule has 0 spiro atoms. The predicted octanol–water partition coefficient (Wildman–Crippen LogP) is 3.38. The number of nitrogens with zero attached hydrogens (tertiary/aromatic N) is 9. The minimum atomic E-state index is -0.0101. The van der Waals surface area contributed by atoms with E-state index in [1.165, 1.54) is 12.0 Å². The Hall–Kier alpha value is -3.96. The Morgan fingerprint density at radius 2 is 1.95 bits per heavy atom. The second-order valence-corrected chi connectivity index (χ2v) is 11.8. The molecule has 4 aromatic rings. The maximum absolute atomic E-state index is 12.3. The molecule has 7 heterocycles. The van der Waals surface area contributed by atoms with Gasteiger partial charge >= 0.3 is 0 Å². The van der Waals surface area contributed by atoms with Gasteiger partial charge in [0.2, 0.25) is 11.8 Å². The van der Waals surface area contributed by atoms with Crippen molar-refractivity contribution in [2.45, 2.75) is 25.0 Å². The molecule has 12 heteroatoms. The molecule has 41 heavy (non-hydrogen) atoms. The summed E-state index contributed by atoms with van der Waals surface area (Å²) in [6, 6.07) is 13.3. The summed E-state index contributed by atoms with van der Waals surface area (Å²) in [6.45, 7) is 2.96. The second-order valence-electron chi connectivity index (χ2n) is 10.6. The second kappa shape index (κ2) is 11.1. The molecule has 2 bridgehead atoms. The van der Waals surface area contributed by atoms with Gasteiger partial charge in [-0.1, -0.05) is 6.07 Å². The Morgan fingerprint density at radius 3 is 2.59 bits per heavy atom. The number of likely N-dealkylation sites (N-methyl/N-ethyl adjacent to an activating group) is 1. The van der Waals surface area contributed by atoms with E-state index in [9.17, 15) is 10.1 Å². The van der Waals surface area contributed by atoms with E-state index in [-0.39, 0.29) is 12.5 Å². The van der Waals surface area contributed by atoms with Gasteiger partial charge in [0, 0.05) is 75.4 Å². The van der Waals surface area contributed by atoms with Gasteiger partial charge in [-0.3, -0.25) is 9.69 Å². The topological polar surface area (TPSA) is 106 Å². The van der Waals surface area contributed by atoms with Gasteiger partial charge < -0.3 is 17.6 Å². The average Bonchev–Trinajstić information content (AvgIpc) is 3.43. The summed E-state index contributed by atoms with van der Waals surface area (Å²) in [7, 11) is 5.11. The first-order valence-electron chi connectivity index (χ1n) is 13.4. The molecule has 7 rings (SSSR count). The Bertz CT molecular complexity index is 1600. The molecule has 4 aromatic heterocycles. The van der Waals surface area contributed by atoms with Gasteiger partial charge in [0.15, 0.2) is 0 Å². The normalized spacial score (nSPS) is 18.1. The number of carbonyl (C=O) groups excluding carboxylic acids is 1. The van der Waals surface area contributed by atoms with E-state index in [0.29, 0.717) is 23.5 Å². The van der Waals surface area contributed by atoms with Crippen molar-refractivity contribution in [3.05, 3.63) is 66.2 Å². The molecule has 0 aromatic carbocycles. The molecule has 210 valence electrons.